The number of amides is 1. The fourth-order valence-corrected chi connectivity index (χ4v) is 5.49. The van der Waals surface area contributed by atoms with Gasteiger partial charge in [-0.2, -0.15) is 0 Å². The molecule has 0 rings (SSSR count). The second kappa shape index (κ2) is 40.4. The number of carboxylic acid groups (broad SMARTS) is 1. The van der Waals surface area contributed by atoms with Crippen LogP contribution in [0.2, 0.25) is 0 Å². The summed E-state index contributed by atoms with van der Waals surface area (Å²) < 4.78 is 5.85. The van der Waals surface area contributed by atoms with Crippen molar-refractivity contribution in [3.8, 4) is 0 Å². The maximum atomic E-state index is 12.7. The molecule has 1 atom stereocenters. The Hall–Kier alpha value is -3.41. The summed E-state index contributed by atoms with van der Waals surface area (Å²) in [5.74, 6) is -1.44. The lowest BCUT2D eigenvalue weighted by atomic mass is 10.1. The van der Waals surface area contributed by atoms with Crippen molar-refractivity contribution in [1.29, 1.82) is 0 Å². The van der Waals surface area contributed by atoms with Crippen LogP contribution in [0.25, 0.3) is 0 Å². The zero-order chi connectivity index (χ0) is 38.0. The Kier molecular flexibility index (Phi) is 37.7. The Morgan fingerprint density at radius 3 is 1.56 bits per heavy atom. The highest BCUT2D eigenvalue weighted by Gasteiger charge is 2.12. The van der Waals surface area contributed by atoms with Crippen LogP contribution in [0.5, 0.6) is 0 Å². The lowest BCUT2D eigenvalue weighted by Crippen LogP contribution is -2.28. The van der Waals surface area contributed by atoms with Crippen molar-refractivity contribution in [2.45, 2.75) is 180 Å². The molecular formula is C46H75NO5. The topological polar surface area (TPSA) is 92.7 Å². The molecule has 1 amide bonds. The van der Waals surface area contributed by atoms with E-state index in [0.29, 0.717) is 25.7 Å². The monoisotopic (exact) mass is 722 g/mol. The molecule has 0 radical (unpaired) electrons. The predicted molar refractivity (Wildman–Crippen MR) is 221 cm³/mol. The third-order valence-electron chi connectivity index (χ3n) is 8.54. The van der Waals surface area contributed by atoms with Gasteiger partial charge in [0.1, 0.15) is 12.6 Å². The summed E-state index contributed by atoms with van der Waals surface area (Å²) in [6.07, 6.45) is 55.7. The lowest BCUT2D eigenvalue weighted by molar-refractivity contribution is -0.147. The zero-order valence-corrected chi connectivity index (χ0v) is 33.1. The van der Waals surface area contributed by atoms with Gasteiger partial charge in [0, 0.05) is 12.8 Å². The van der Waals surface area contributed by atoms with Crippen LogP contribution in [-0.4, -0.2) is 35.6 Å². The Bertz CT molecular complexity index is 1060. The van der Waals surface area contributed by atoms with Crippen molar-refractivity contribution in [1.82, 2.24) is 5.32 Å². The number of aliphatic carboxylic acids is 1. The van der Waals surface area contributed by atoms with Gasteiger partial charge in [-0.3, -0.25) is 14.4 Å². The molecule has 0 bridgehead atoms. The highest BCUT2D eigenvalue weighted by Crippen LogP contribution is 2.14. The van der Waals surface area contributed by atoms with Crippen molar-refractivity contribution >= 4 is 17.8 Å². The Labute approximate surface area is 318 Å². The highest BCUT2D eigenvalue weighted by molar-refractivity contribution is 5.80. The van der Waals surface area contributed by atoms with Crippen molar-refractivity contribution in [3.05, 3.63) is 85.1 Å². The van der Waals surface area contributed by atoms with Crippen LogP contribution in [0.3, 0.4) is 0 Å². The fourth-order valence-electron chi connectivity index (χ4n) is 5.49. The van der Waals surface area contributed by atoms with Crippen LogP contribution in [0.15, 0.2) is 85.1 Å². The molecule has 0 saturated carbocycles. The Morgan fingerprint density at radius 1 is 0.538 bits per heavy atom. The minimum atomic E-state index is -1.05. The molecule has 0 saturated heterocycles. The standard InChI is InChI=1S/C46H75NO5/c1-3-5-7-9-11-13-15-16-17-18-19-20-21-22-23-24-26-28-30-32-37-41-46(51)52-43(39-35-33-36-40-44(48)47-42-45(49)50)38-34-31-29-27-25-14-12-10-8-6-4-2/h6,8,12,14-16,18-19,21-22,27,29,34,38,43H,3-5,7,9-11,13,17,20,23-26,28,30-33,35-37,39-42H2,1-2H3,(H,47,48)(H,49,50)/b8-6-,14-12-,16-15-,19-18-,22-21-,29-27-,38-34-. The van der Waals surface area contributed by atoms with Gasteiger partial charge in [0.2, 0.25) is 5.91 Å². The molecule has 0 aliphatic rings. The molecule has 294 valence electrons. The fraction of sp³-hybridized carbons (Fsp3) is 0.630. The number of rotatable bonds is 36. The van der Waals surface area contributed by atoms with E-state index in [0.717, 1.165) is 77.0 Å². The second-order valence-corrected chi connectivity index (χ2v) is 13.5. The normalized spacial score (nSPS) is 13.0. The van der Waals surface area contributed by atoms with Crippen molar-refractivity contribution < 1.29 is 24.2 Å². The van der Waals surface area contributed by atoms with Crippen molar-refractivity contribution in [2.75, 3.05) is 6.54 Å². The number of carbonyl (C=O) groups is 3. The Morgan fingerprint density at radius 2 is 1.00 bits per heavy atom. The van der Waals surface area contributed by atoms with Gasteiger partial charge in [-0.1, -0.05) is 151 Å². The molecule has 6 nitrogen and oxygen atoms in total. The molecule has 0 heterocycles. The van der Waals surface area contributed by atoms with E-state index in [9.17, 15) is 14.4 Å². The number of esters is 1. The minimum absolute atomic E-state index is 0.145. The average Bonchev–Trinajstić information content (AvgIpc) is 3.13. The summed E-state index contributed by atoms with van der Waals surface area (Å²) in [4.78, 5) is 35.0. The number of carboxylic acids is 1. The van der Waals surface area contributed by atoms with Gasteiger partial charge < -0.3 is 15.2 Å². The number of nitrogens with one attached hydrogen (secondary N) is 1. The van der Waals surface area contributed by atoms with Gasteiger partial charge in [0.25, 0.3) is 0 Å². The number of carbonyl (C=O) groups excluding carboxylic acids is 2. The van der Waals surface area contributed by atoms with E-state index < -0.39 is 5.97 Å². The molecule has 1 unspecified atom stereocenters. The first kappa shape index (κ1) is 48.6. The van der Waals surface area contributed by atoms with Crippen LogP contribution >= 0.6 is 0 Å². The first-order valence-electron chi connectivity index (χ1n) is 20.7. The van der Waals surface area contributed by atoms with E-state index in [1.807, 2.05) is 6.08 Å². The number of hydrogen-bond donors (Lipinski definition) is 2. The summed E-state index contributed by atoms with van der Waals surface area (Å²) in [6, 6.07) is 0. The molecule has 0 aromatic rings. The maximum Gasteiger partial charge on any atom is 0.322 e. The van der Waals surface area contributed by atoms with Gasteiger partial charge in [-0.05, 0) is 96.0 Å². The molecule has 0 aliphatic heterocycles. The second-order valence-electron chi connectivity index (χ2n) is 13.5. The molecule has 0 aliphatic carbocycles. The van der Waals surface area contributed by atoms with Crippen LogP contribution in [0.1, 0.15) is 174 Å². The molecule has 0 fully saturated rings. The molecular weight excluding hydrogens is 647 g/mol. The number of hydrogen-bond acceptors (Lipinski definition) is 4. The summed E-state index contributed by atoms with van der Waals surface area (Å²) >= 11 is 0. The molecule has 0 aromatic heterocycles. The number of unbranched alkanes of at least 4 members (excludes halogenated alkanes) is 13. The quantitative estimate of drug-likeness (QED) is 0.0382. The van der Waals surface area contributed by atoms with Crippen molar-refractivity contribution in [2.24, 2.45) is 0 Å². The van der Waals surface area contributed by atoms with E-state index in [4.69, 9.17) is 9.84 Å². The smallest absolute Gasteiger partial charge is 0.322 e. The Balaban J connectivity index is 4.23. The third kappa shape index (κ3) is 39.4. The molecule has 0 spiro atoms. The van der Waals surface area contributed by atoms with E-state index in [1.54, 1.807) is 0 Å². The minimum Gasteiger partial charge on any atom is -0.480 e. The molecule has 52 heavy (non-hydrogen) atoms. The average molecular weight is 722 g/mol. The lowest BCUT2D eigenvalue weighted by Gasteiger charge is -2.14. The SMILES string of the molecule is CC/C=C\C/C=C\C/C=C\C/C=C\C(CCCCCC(=O)NCC(=O)O)OC(=O)CCCCCCCC/C=C\C/C=C\C/C=C\CCCCCCC. The number of ether oxygens (including phenoxy) is 1. The zero-order valence-electron chi connectivity index (χ0n) is 33.1. The molecule has 6 heteroatoms. The number of allylic oxidation sites excluding steroid dienone is 13. The van der Waals surface area contributed by atoms with Crippen LogP contribution in [0, 0.1) is 0 Å². The summed E-state index contributed by atoms with van der Waals surface area (Å²) in [6.45, 7) is 4.04. The summed E-state index contributed by atoms with van der Waals surface area (Å²) in [5, 5.41) is 11.1. The van der Waals surface area contributed by atoms with Crippen molar-refractivity contribution in [3.63, 3.8) is 0 Å². The van der Waals surface area contributed by atoms with Crippen LogP contribution in [0.4, 0.5) is 0 Å². The summed E-state index contributed by atoms with van der Waals surface area (Å²) in [5.41, 5.74) is 0. The third-order valence-corrected chi connectivity index (χ3v) is 8.54. The van der Waals surface area contributed by atoms with E-state index >= 15 is 0 Å². The van der Waals surface area contributed by atoms with Gasteiger partial charge in [-0.25, -0.2) is 0 Å². The maximum absolute atomic E-state index is 12.7. The first-order chi connectivity index (χ1) is 25.5. The highest BCUT2D eigenvalue weighted by atomic mass is 16.5. The predicted octanol–water partition coefficient (Wildman–Crippen LogP) is 12.8. The first-order valence-corrected chi connectivity index (χ1v) is 20.7. The van der Waals surface area contributed by atoms with Crippen LogP contribution < -0.4 is 5.32 Å². The van der Waals surface area contributed by atoms with E-state index in [-0.39, 0.29) is 24.5 Å². The molecule has 2 N–H and O–H groups in total. The van der Waals surface area contributed by atoms with E-state index in [1.165, 1.54) is 57.8 Å². The molecule has 0 aromatic carbocycles. The van der Waals surface area contributed by atoms with Crippen LogP contribution in [-0.2, 0) is 19.1 Å². The van der Waals surface area contributed by atoms with E-state index in [2.05, 4.69) is 98.2 Å². The van der Waals surface area contributed by atoms with Gasteiger partial charge in [-0.15, -0.1) is 0 Å². The summed E-state index contributed by atoms with van der Waals surface area (Å²) in [7, 11) is 0. The van der Waals surface area contributed by atoms with Gasteiger partial charge in [0.05, 0.1) is 0 Å². The largest absolute Gasteiger partial charge is 0.480 e. The van der Waals surface area contributed by atoms with Gasteiger partial charge in [0.15, 0.2) is 0 Å². The van der Waals surface area contributed by atoms with Gasteiger partial charge >= 0.3 is 11.9 Å².